The Bertz CT molecular complexity index is 677. The highest BCUT2D eigenvalue weighted by molar-refractivity contribution is 6.41. The molecule has 0 unspecified atom stereocenters. The zero-order valence-electron chi connectivity index (χ0n) is 10.8. The molecule has 1 heterocycles. The summed E-state index contributed by atoms with van der Waals surface area (Å²) in [6.07, 6.45) is 0. The normalized spacial score (nSPS) is 11.0. The van der Waals surface area contributed by atoms with Crippen molar-refractivity contribution in [3.8, 4) is 5.75 Å². The fraction of sp³-hybridized carbons (Fsp3) is 0.308. The van der Waals surface area contributed by atoms with Crippen molar-refractivity contribution in [1.82, 2.24) is 4.57 Å². The predicted molar refractivity (Wildman–Crippen MR) is 75.3 cm³/mol. The number of hydrogen-bond donors (Lipinski definition) is 1. The van der Waals surface area contributed by atoms with Crippen LogP contribution in [0.3, 0.4) is 0 Å². The molecule has 0 atom stereocenters. The minimum Gasteiger partial charge on any atom is -0.505 e. The second-order valence-corrected chi connectivity index (χ2v) is 4.94. The van der Waals surface area contributed by atoms with Crippen molar-refractivity contribution in [2.75, 3.05) is 6.61 Å². The van der Waals surface area contributed by atoms with Gasteiger partial charge in [-0.3, -0.25) is 0 Å². The van der Waals surface area contributed by atoms with Crippen LogP contribution in [-0.4, -0.2) is 22.2 Å². The van der Waals surface area contributed by atoms with E-state index in [1.165, 1.54) is 6.07 Å². The minimum atomic E-state index is -0.427. The van der Waals surface area contributed by atoms with Gasteiger partial charge >= 0.3 is 5.97 Å². The second-order valence-electron chi connectivity index (χ2n) is 4.16. The number of hydrogen-bond acceptors (Lipinski definition) is 3. The number of aromatic hydroxyl groups is 1. The Morgan fingerprint density at radius 2 is 2.11 bits per heavy atom. The van der Waals surface area contributed by atoms with Gasteiger partial charge in [0.1, 0.15) is 5.02 Å². The summed E-state index contributed by atoms with van der Waals surface area (Å²) in [5.74, 6) is -0.615. The first-order chi connectivity index (χ1) is 8.90. The Labute approximate surface area is 120 Å². The minimum absolute atomic E-state index is 0.105. The van der Waals surface area contributed by atoms with Crippen LogP contribution in [0.5, 0.6) is 5.75 Å². The number of aryl methyl sites for hydroxylation is 1. The van der Waals surface area contributed by atoms with Gasteiger partial charge in [-0.15, -0.1) is 0 Å². The standard InChI is InChI=1S/C13H13Cl2NO3/c1-4-19-13(18)9-6(2)16(3)11-7(9)5-8(14)12(17)10(11)15/h5,17H,4H2,1-3H3. The molecule has 0 saturated heterocycles. The van der Waals surface area contributed by atoms with E-state index in [0.29, 0.717) is 22.2 Å². The van der Waals surface area contributed by atoms with Gasteiger partial charge in [-0.25, -0.2) is 4.79 Å². The molecule has 0 bridgehead atoms. The number of carbonyl (C=O) groups is 1. The van der Waals surface area contributed by atoms with E-state index >= 15 is 0 Å². The summed E-state index contributed by atoms with van der Waals surface area (Å²) < 4.78 is 6.78. The van der Waals surface area contributed by atoms with Crippen molar-refractivity contribution in [3.63, 3.8) is 0 Å². The van der Waals surface area contributed by atoms with Crippen LogP contribution in [0.1, 0.15) is 23.0 Å². The largest absolute Gasteiger partial charge is 0.505 e. The van der Waals surface area contributed by atoms with Crippen molar-refractivity contribution >= 4 is 40.1 Å². The zero-order chi connectivity index (χ0) is 14.3. The molecule has 102 valence electrons. The van der Waals surface area contributed by atoms with Gasteiger partial charge in [0.15, 0.2) is 5.75 Å². The first kappa shape index (κ1) is 14.0. The average Bonchev–Trinajstić information content (AvgIpc) is 2.59. The number of esters is 1. The number of benzene rings is 1. The van der Waals surface area contributed by atoms with Crippen molar-refractivity contribution < 1.29 is 14.6 Å². The molecule has 2 rings (SSSR count). The van der Waals surface area contributed by atoms with Crippen molar-refractivity contribution in [1.29, 1.82) is 0 Å². The summed E-state index contributed by atoms with van der Waals surface area (Å²) in [6.45, 7) is 3.81. The second kappa shape index (κ2) is 4.94. The summed E-state index contributed by atoms with van der Waals surface area (Å²) in [5, 5.41) is 10.6. The molecule has 0 aliphatic rings. The third-order valence-electron chi connectivity index (χ3n) is 3.12. The fourth-order valence-corrected chi connectivity index (χ4v) is 2.69. The molecule has 0 radical (unpaired) electrons. The van der Waals surface area contributed by atoms with Crippen LogP contribution < -0.4 is 0 Å². The third-order valence-corrected chi connectivity index (χ3v) is 3.76. The van der Waals surface area contributed by atoms with E-state index in [1.807, 2.05) is 0 Å². The van der Waals surface area contributed by atoms with Crippen LogP contribution in [0.25, 0.3) is 10.9 Å². The van der Waals surface area contributed by atoms with Crippen molar-refractivity contribution in [2.24, 2.45) is 7.05 Å². The maximum absolute atomic E-state index is 12.0. The number of phenols is 1. The molecule has 1 aromatic heterocycles. The smallest absolute Gasteiger partial charge is 0.340 e. The molecule has 6 heteroatoms. The van der Waals surface area contributed by atoms with Crippen LogP contribution in [0.2, 0.25) is 10.0 Å². The van der Waals surface area contributed by atoms with Gasteiger partial charge in [0.2, 0.25) is 0 Å². The van der Waals surface area contributed by atoms with E-state index in [-0.39, 0.29) is 22.4 Å². The molecule has 2 aromatic rings. The van der Waals surface area contributed by atoms with Crippen LogP contribution in [0.4, 0.5) is 0 Å². The van der Waals surface area contributed by atoms with Crippen molar-refractivity contribution in [3.05, 3.63) is 27.4 Å². The lowest BCUT2D eigenvalue weighted by Gasteiger charge is -2.04. The lowest BCUT2D eigenvalue weighted by atomic mass is 10.1. The molecule has 1 aromatic carbocycles. The monoisotopic (exact) mass is 301 g/mol. The van der Waals surface area contributed by atoms with E-state index in [1.54, 1.807) is 25.5 Å². The lowest BCUT2D eigenvalue weighted by molar-refractivity contribution is 0.0527. The molecule has 19 heavy (non-hydrogen) atoms. The number of phenolic OH excluding ortho intramolecular Hbond substituents is 1. The van der Waals surface area contributed by atoms with E-state index in [4.69, 9.17) is 27.9 Å². The molecule has 0 aliphatic heterocycles. The number of nitrogens with zero attached hydrogens (tertiary/aromatic N) is 1. The Hall–Kier alpha value is -1.39. The molecular formula is C13H13Cl2NO3. The van der Waals surface area contributed by atoms with Gasteiger partial charge in [0.05, 0.1) is 22.7 Å². The molecule has 0 amide bonds. The Morgan fingerprint density at radius 3 is 2.68 bits per heavy atom. The molecular weight excluding hydrogens is 289 g/mol. The van der Waals surface area contributed by atoms with E-state index < -0.39 is 5.97 Å². The molecule has 1 N–H and O–H groups in total. The van der Waals surface area contributed by atoms with Gasteiger partial charge in [-0.1, -0.05) is 23.2 Å². The molecule has 4 nitrogen and oxygen atoms in total. The SMILES string of the molecule is CCOC(=O)c1c(C)n(C)c2c(Cl)c(O)c(Cl)cc12. The van der Waals surface area contributed by atoms with Gasteiger partial charge in [0.25, 0.3) is 0 Å². The number of rotatable bonds is 2. The van der Waals surface area contributed by atoms with Crippen LogP contribution >= 0.6 is 23.2 Å². The van der Waals surface area contributed by atoms with Crippen molar-refractivity contribution in [2.45, 2.75) is 13.8 Å². The third kappa shape index (κ3) is 2.05. The van der Waals surface area contributed by atoms with E-state index in [9.17, 15) is 9.90 Å². The van der Waals surface area contributed by atoms with E-state index in [0.717, 1.165) is 0 Å². The maximum atomic E-state index is 12.0. The molecule has 0 fully saturated rings. The van der Waals surface area contributed by atoms with E-state index in [2.05, 4.69) is 0 Å². The highest BCUT2D eigenvalue weighted by atomic mass is 35.5. The molecule has 0 aliphatic carbocycles. The van der Waals surface area contributed by atoms with Gasteiger partial charge in [0, 0.05) is 18.1 Å². The summed E-state index contributed by atoms with van der Waals surface area (Å²) in [5.41, 5.74) is 1.68. The summed E-state index contributed by atoms with van der Waals surface area (Å²) in [7, 11) is 1.76. The fourth-order valence-electron chi connectivity index (χ4n) is 2.11. The zero-order valence-corrected chi connectivity index (χ0v) is 12.3. The summed E-state index contributed by atoms with van der Waals surface area (Å²) in [6, 6.07) is 1.53. The Morgan fingerprint density at radius 1 is 1.47 bits per heavy atom. The number of ether oxygens (including phenoxy) is 1. The lowest BCUT2D eigenvalue weighted by Crippen LogP contribution is -2.06. The first-order valence-corrected chi connectivity index (χ1v) is 6.48. The Kier molecular flexibility index (Phi) is 3.65. The summed E-state index contributed by atoms with van der Waals surface area (Å²) in [4.78, 5) is 12.0. The topological polar surface area (TPSA) is 51.5 Å². The number of halogens is 2. The number of aromatic nitrogens is 1. The molecule has 0 saturated carbocycles. The highest BCUT2D eigenvalue weighted by Crippen LogP contribution is 2.41. The number of fused-ring (bicyclic) bond motifs is 1. The molecule has 0 spiro atoms. The quantitative estimate of drug-likeness (QED) is 0.861. The van der Waals surface area contributed by atoms with Crippen LogP contribution in [0.15, 0.2) is 6.07 Å². The van der Waals surface area contributed by atoms with Crippen LogP contribution in [-0.2, 0) is 11.8 Å². The number of carbonyl (C=O) groups excluding carboxylic acids is 1. The van der Waals surface area contributed by atoms with Crippen LogP contribution in [0, 0.1) is 6.92 Å². The average molecular weight is 302 g/mol. The maximum Gasteiger partial charge on any atom is 0.340 e. The predicted octanol–water partition coefficient (Wildman–Crippen LogP) is 3.68. The first-order valence-electron chi connectivity index (χ1n) is 5.73. The van der Waals surface area contributed by atoms with Gasteiger partial charge < -0.3 is 14.4 Å². The summed E-state index contributed by atoms with van der Waals surface area (Å²) >= 11 is 12.0. The Balaban J connectivity index is 2.86. The van der Waals surface area contributed by atoms with Gasteiger partial charge in [-0.05, 0) is 19.9 Å². The van der Waals surface area contributed by atoms with Gasteiger partial charge in [-0.2, -0.15) is 0 Å². The highest BCUT2D eigenvalue weighted by Gasteiger charge is 2.23.